The third-order valence-corrected chi connectivity index (χ3v) is 7.61. The summed E-state index contributed by atoms with van der Waals surface area (Å²) in [6.07, 6.45) is 0. The van der Waals surface area contributed by atoms with E-state index in [1.54, 1.807) is 0 Å². The van der Waals surface area contributed by atoms with Gasteiger partial charge >= 0.3 is 0 Å². The smallest absolute Gasteiger partial charge is 0.234 e. The molecule has 0 aliphatic rings. The highest BCUT2D eigenvalue weighted by atomic mass is 32.2. The average Bonchev–Trinajstić information content (AvgIpc) is 2.96. The zero-order valence-electron chi connectivity index (χ0n) is 22.2. The highest BCUT2D eigenvalue weighted by molar-refractivity contribution is 8.00. The van der Waals surface area contributed by atoms with Gasteiger partial charge < -0.3 is 5.32 Å². The first kappa shape index (κ1) is 26.2. The Bertz CT molecular complexity index is 1680. The van der Waals surface area contributed by atoms with Gasteiger partial charge in [-0.3, -0.25) is 4.79 Å². The molecule has 4 aromatic carbocycles. The zero-order chi connectivity index (χ0) is 27.4. The van der Waals surface area contributed by atoms with E-state index < -0.39 is 0 Å². The third-order valence-electron chi connectivity index (χ3n) is 6.63. The van der Waals surface area contributed by atoms with Crippen molar-refractivity contribution in [3.8, 4) is 28.5 Å². The van der Waals surface area contributed by atoms with Crippen molar-refractivity contribution in [2.24, 2.45) is 0 Å². The monoisotopic (exact) mass is 527 g/mol. The minimum atomic E-state index is -0.150. The standard InChI is InChI=1S/C34H29N3OS/c1-34(2,3)26-18-16-24(17-19-26)28-20-31(25-11-5-4-6-12-25)37-33(29(28)21-35)39-22-32(38)36-30-15-9-13-23-10-7-8-14-27(23)30/h4-20H,22H2,1-3H3,(H,36,38). The van der Waals surface area contributed by atoms with Gasteiger partial charge in [0.05, 0.1) is 17.0 Å². The highest BCUT2D eigenvalue weighted by Gasteiger charge is 2.19. The Morgan fingerprint density at radius 3 is 2.28 bits per heavy atom. The van der Waals surface area contributed by atoms with Crippen molar-refractivity contribution in [3.63, 3.8) is 0 Å². The van der Waals surface area contributed by atoms with Crippen molar-refractivity contribution >= 4 is 34.1 Å². The first-order chi connectivity index (χ1) is 18.8. The van der Waals surface area contributed by atoms with E-state index in [2.05, 4.69) is 56.4 Å². The first-order valence-corrected chi connectivity index (χ1v) is 13.8. The Hall–Kier alpha value is -4.40. The summed E-state index contributed by atoms with van der Waals surface area (Å²) in [6, 6.07) is 36.4. The molecule has 0 aliphatic heterocycles. The molecule has 0 aliphatic carbocycles. The van der Waals surface area contributed by atoms with Gasteiger partial charge in [0, 0.05) is 22.2 Å². The molecule has 1 N–H and O–H groups in total. The lowest BCUT2D eigenvalue weighted by Gasteiger charge is -2.19. The number of nitrogens with zero attached hydrogens (tertiary/aromatic N) is 2. The lowest BCUT2D eigenvalue weighted by Crippen LogP contribution is -2.14. The normalized spacial score (nSPS) is 11.2. The van der Waals surface area contributed by atoms with Crippen molar-refractivity contribution in [2.45, 2.75) is 31.2 Å². The van der Waals surface area contributed by atoms with Crippen molar-refractivity contribution in [1.29, 1.82) is 5.26 Å². The third kappa shape index (κ3) is 5.87. The van der Waals surface area contributed by atoms with Crippen LogP contribution in [0.3, 0.4) is 0 Å². The largest absolute Gasteiger partial charge is 0.325 e. The van der Waals surface area contributed by atoms with Gasteiger partial charge in [-0.25, -0.2) is 4.98 Å². The van der Waals surface area contributed by atoms with Crippen LogP contribution in [0.25, 0.3) is 33.2 Å². The topological polar surface area (TPSA) is 65.8 Å². The van der Waals surface area contributed by atoms with Crippen LogP contribution in [-0.2, 0) is 10.2 Å². The molecule has 1 heterocycles. The summed E-state index contributed by atoms with van der Waals surface area (Å²) in [6.45, 7) is 6.54. The van der Waals surface area contributed by atoms with Crippen molar-refractivity contribution in [1.82, 2.24) is 4.98 Å². The Balaban J connectivity index is 1.48. The molecular formula is C34H29N3OS. The second-order valence-electron chi connectivity index (χ2n) is 10.4. The summed E-state index contributed by atoms with van der Waals surface area (Å²) in [5, 5.41) is 15.9. The van der Waals surface area contributed by atoms with Crippen LogP contribution in [0.15, 0.2) is 108 Å². The molecule has 0 atom stereocenters. The predicted molar refractivity (Wildman–Crippen MR) is 162 cm³/mol. The van der Waals surface area contributed by atoms with E-state index in [4.69, 9.17) is 4.98 Å². The molecule has 1 aromatic heterocycles. The second kappa shape index (κ2) is 11.1. The fourth-order valence-corrected chi connectivity index (χ4v) is 5.33. The number of amides is 1. The fourth-order valence-electron chi connectivity index (χ4n) is 4.52. The van der Waals surface area contributed by atoms with E-state index in [0.29, 0.717) is 10.6 Å². The Kier molecular flexibility index (Phi) is 7.49. The van der Waals surface area contributed by atoms with E-state index >= 15 is 0 Å². The van der Waals surface area contributed by atoms with Gasteiger partial charge in [-0.2, -0.15) is 5.26 Å². The maximum Gasteiger partial charge on any atom is 0.234 e. The second-order valence-corrected chi connectivity index (χ2v) is 11.4. The van der Waals surface area contributed by atoms with Crippen molar-refractivity contribution in [3.05, 3.63) is 114 Å². The quantitative estimate of drug-likeness (QED) is 0.225. The highest BCUT2D eigenvalue weighted by Crippen LogP contribution is 2.35. The van der Waals surface area contributed by atoms with Gasteiger partial charge in [0.15, 0.2) is 0 Å². The number of pyridine rings is 1. The van der Waals surface area contributed by atoms with Gasteiger partial charge in [-0.05, 0) is 34.1 Å². The number of nitriles is 1. The minimum Gasteiger partial charge on any atom is -0.325 e. The number of hydrogen-bond donors (Lipinski definition) is 1. The van der Waals surface area contributed by atoms with Gasteiger partial charge in [-0.1, -0.05) is 124 Å². The number of aromatic nitrogens is 1. The van der Waals surface area contributed by atoms with Gasteiger partial charge in [0.25, 0.3) is 0 Å². The zero-order valence-corrected chi connectivity index (χ0v) is 23.0. The SMILES string of the molecule is CC(C)(C)c1ccc(-c2cc(-c3ccccc3)nc(SCC(=O)Nc3cccc4ccccc34)c2C#N)cc1. The number of carbonyl (C=O) groups excluding carboxylic acids is 1. The number of carbonyl (C=O) groups is 1. The number of thioether (sulfide) groups is 1. The Labute approximate surface area is 233 Å². The predicted octanol–water partition coefficient (Wildman–Crippen LogP) is 8.47. The summed E-state index contributed by atoms with van der Waals surface area (Å²) in [7, 11) is 0. The number of anilines is 1. The van der Waals surface area contributed by atoms with Crippen molar-refractivity contribution < 1.29 is 4.79 Å². The average molecular weight is 528 g/mol. The molecule has 0 spiro atoms. The first-order valence-electron chi connectivity index (χ1n) is 12.9. The summed E-state index contributed by atoms with van der Waals surface area (Å²) in [5.74, 6) is -0.0193. The molecule has 1 amide bonds. The summed E-state index contributed by atoms with van der Waals surface area (Å²) >= 11 is 1.28. The Morgan fingerprint density at radius 2 is 1.56 bits per heavy atom. The molecule has 0 saturated carbocycles. The van der Waals surface area contributed by atoms with Crippen LogP contribution in [0.4, 0.5) is 5.69 Å². The lowest BCUT2D eigenvalue weighted by atomic mass is 9.86. The Morgan fingerprint density at radius 1 is 0.872 bits per heavy atom. The molecular weight excluding hydrogens is 498 g/mol. The molecule has 5 heteroatoms. The molecule has 5 rings (SSSR count). The minimum absolute atomic E-state index is 0.0302. The van der Waals surface area contributed by atoms with E-state index in [1.165, 1.54) is 17.3 Å². The molecule has 0 unspecified atom stereocenters. The van der Waals surface area contributed by atoms with Crippen LogP contribution in [0, 0.1) is 11.3 Å². The van der Waals surface area contributed by atoms with E-state index in [1.807, 2.05) is 78.9 Å². The van der Waals surface area contributed by atoms with Crippen LogP contribution < -0.4 is 5.32 Å². The summed E-state index contributed by atoms with van der Waals surface area (Å²) in [4.78, 5) is 17.9. The molecule has 4 nitrogen and oxygen atoms in total. The van der Waals surface area contributed by atoms with Gasteiger partial charge in [0.1, 0.15) is 11.1 Å². The molecule has 0 fully saturated rings. The van der Waals surface area contributed by atoms with Crippen molar-refractivity contribution in [2.75, 3.05) is 11.1 Å². The molecule has 5 aromatic rings. The van der Waals surface area contributed by atoms with E-state index in [9.17, 15) is 10.1 Å². The number of rotatable bonds is 6. The van der Waals surface area contributed by atoms with Crippen LogP contribution in [-0.4, -0.2) is 16.6 Å². The number of benzene rings is 4. The number of fused-ring (bicyclic) bond motifs is 1. The summed E-state index contributed by atoms with van der Waals surface area (Å²) < 4.78 is 0. The van der Waals surface area contributed by atoms with Gasteiger partial charge in [0.2, 0.25) is 5.91 Å². The summed E-state index contributed by atoms with van der Waals surface area (Å²) in [5.41, 5.74) is 5.97. The molecule has 0 saturated heterocycles. The maximum absolute atomic E-state index is 13.0. The van der Waals surface area contributed by atoms with Gasteiger partial charge in [-0.15, -0.1) is 0 Å². The van der Waals surface area contributed by atoms with E-state index in [-0.39, 0.29) is 17.1 Å². The van der Waals surface area contributed by atoms with Crippen LogP contribution >= 0.6 is 11.8 Å². The van der Waals surface area contributed by atoms with Crippen LogP contribution in [0.1, 0.15) is 31.9 Å². The number of nitrogens with one attached hydrogen (secondary N) is 1. The van der Waals surface area contributed by atoms with Crippen LogP contribution in [0.2, 0.25) is 0 Å². The molecule has 192 valence electrons. The fraction of sp³-hybridized carbons (Fsp3) is 0.147. The lowest BCUT2D eigenvalue weighted by molar-refractivity contribution is -0.113. The number of hydrogen-bond acceptors (Lipinski definition) is 4. The van der Waals surface area contributed by atoms with E-state index in [0.717, 1.165) is 38.8 Å². The molecule has 0 bridgehead atoms. The molecule has 39 heavy (non-hydrogen) atoms. The molecule has 0 radical (unpaired) electrons. The maximum atomic E-state index is 13.0. The van der Waals surface area contributed by atoms with Crippen LogP contribution in [0.5, 0.6) is 0 Å².